The summed E-state index contributed by atoms with van der Waals surface area (Å²) in [6, 6.07) is 0.873. The molecule has 0 saturated carbocycles. The molecule has 0 aromatic heterocycles. The molecule has 7 heteroatoms. The molecule has 0 spiro atoms. The van der Waals surface area contributed by atoms with Gasteiger partial charge in [0, 0.05) is 27.4 Å². The van der Waals surface area contributed by atoms with E-state index in [2.05, 4.69) is 28.1 Å². The Bertz CT molecular complexity index is 264. The number of likely N-dealkylation sites (N-methyl/N-ethyl adjacent to an activating group) is 1. The molecule has 1 atom stereocenters. The third-order valence-electron chi connectivity index (χ3n) is 3.42. The smallest absolute Gasteiger partial charge is 0.377 e. The van der Waals surface area contributed by atoms with Crippen molar-refractivity contribution in [2.24, 2.45) is 5.92 Å². The lowest BCUT2D eigenvalue weighted by molar-refractivity contribution is -0.870. The van der Waals surface area contributed by atoms with Gasteiger partial charge in [-0.25, -0.2) is 0 Å². The van der Waals surface area contributed by atoms with E-state index >= 15 is 0 Å². The molecule has 0 amide bonds. The van der Waals surface area contributed by atoms with Gasteiger partial charge in [-0.2, -0.15) is 11.8 Å². The number of thioether (sulfide) groups is 1. The molecule has 22 heavy (non-hydrogen) atoms. The van der Waals surface area contributed by atoms with Crippen molar-refractivity contribution >= 4 is 20.6 Å². The number of rotatable bonds is 14. The summed E-state index contributed by atoms with van der Waals surface area (Å²) < 4.78 is 23.0. The molecule has 0 saturated heterocycles. The summed E-state index contributed by atoms with van der Waals surface area (Å²) in [6.07, 6.45) is 1.06. The molecule has 0 aliphatic heterocycles. The van der Waals surface area contributed by atoms with Gasteiger partial charge in [-0.05, 0) is 23.8 Å². The van der Waals surface area contributed by atoms with Crippen LogP contribution in [0.3, 0.4) is 0 Å². The maximum absolute atomic E-state index is 5.75. The third kappa shape index (κ3) is 11.0. The van der Waals surface area contributed by atoms with Crippen LogP contribution in [0, 0.1) is 5.92 Å². The summed E-state index contributed by atoms with van der Waals surface area (Å²) in [4.78, 5) is 0. The largest absolute Gasteiger partial charge is 0.500 e. The summed E-state index contributed by atoms with van der Waals surface area (Å²) in [5.74, 6) is 2.83. The van der Waals surface area contributed by atoms with E-state index in [-0.39, 0.29) is 0 Å². The van der Waals surface area contributed by atoms with Gasteiger partial charge in [0.1, 0.15) is 6.54 Å². The van der Waals surface area contributed by atoms with Gasteiger partial charge in [0.2, 0.25) is 0 Å². The number of ether oxygens (including phenoxy) is 1. The minimum atomic E-state index is -2.38. The van der Waals surface area contributed by atoms with Crippen molar-refractivity contribution in [2.45, 2.75) is 19.4 Å². The minimum Gasteiger partial charge on any atom is -0.377 e. The number of nitrogens with zero attached hydrogens (tertiary/aromatic N) is 1. The SMILES string of the molecule is CO[Si](CCCSCC(C)COCC[N+](C)(C)C)(OC)OC. The van der Waals surface area contributed by atoms with Crippen LogP contribution in [0.5, 0.6) is 0 Å². The molecule has 0 N–H and O–H groups in total. The number of quaternary nitrogens is 1. The molecule has 0 aromatic carbocycles. The predicted molar refractivity (Wildman–Crippen MR) is 96.4 cm³/mol. The maximum Gasteiger partial charge on any atom is 0.500 e. The fourth-order valence-corrected chi connectivity index (χ4v) is 4.89. The summed E-state index contributed by atoms with van der Waals surface area (Å²) in [5, 5.41) is 0. The molecule has 0 fully saturated rings. The fourth-order valence-electron chi connectivity index (χ4n) is 1.90. The number of hydrogen-bond donors (Lipinski definition) is 0. The lowest BCUT2D eigenvalue weighted by Gasteiger charge is -2.24. The third-order valence-corrected chi connectivity index (χ3v) is 7.63. The highest BCUT2D eigenvalue weighted by Crippen LogP contribution is 2.18. The molecule has 0 aliphatic carbocycles. The van der Waals surface area contributed by atoms with Crippen molar-refractivity contribution in [1.82, 2.24) is 0 Å². The first-order valence-corrected chi connectivity index (χ1v) is 11.0. The Hall–Kier alpha value is 0.367. The average Bonchev–Trinajstić information content (AvgIpc) is 2.47. The van der Waals surface area contributed by atoms with E-state index in [0.29, 0.717) is 5.92 Å². The van der Waals surface area contributed by atoms with E-state index in [1.165, 1.54) is 0 Å². The normalized spacial score (nSPS) is 14.3. The van der Waals surface area contributed by atoms with E-state index in [1.54, 1.807) is 21.3 Å². The van der Waals surface area contributed by atoms with Crippen LogP contribution in [0.25, 0.3) is 0 Å². The Labute approximate surface area is 142 Å². The van der Waals surface area contributed by atoms with Gasteiger partial charge >= 0.3 is 8.80 Å². The molecular weight excluding hydrogens is 318 g/mol. The first kappa shape index (κ1) is 22.4. The highest BCUT2D eigenvalue weighted by Gasteiger charge is 2.36. The second-order valence-corrected chi connectivity index (χ2v) is 10.9. The Morgan fingerprint density at radius 2 is 1.64 bits per heavy atom. The number of hydrogen-bond acceptors (Lipinski definition) is 5. The van der Waals surface area contributed by atoms with Crippen LogP contribution in [0.1, 0.15) is 13.3 Å². The second kappa shape index (κ2) is 11.8. The Kier molecular flexibility index (Phi) is 12.0. The van der Waals surface area contributed by atoms with E-state index in [9.17, 15) is 0 Å². The van der Waals surface area contributed by atoms with Crippen molar-refractivity contribution < 1.29 is 22.5 Å². The van der Waals surface area contributed by atoms with Crippen LogP contribution in [-0.2, 0) is 18.0 Å². The fraction of sp³-hybridized carbons (Fsp3) is 1.00. The van der Waals surface area contributed by atoms with E-state index in [4.69, 9.17) is 18.0 Å². The maximum atomic E-state index is 5.75. The highest BCUT2D eigenvalue weighted by molar-refractivity contribution is 7.99. The lowest BCUT2D eigenvalue weighted by atomic mass is 10.2. The Balaban J connectivity index is 3.62. The quantitative estimate of drug-likeness (QED) is 0.272. The van der Waals surface area contributed by atoms with Crippen molar-refractivity contribution in [3.8, 4) is 0 Å². The van der Waals surface area contributed by atoms with Gasteiger partial charge in [0.05, 0.1) is 34.4 Å². The van der Waals surface area contributed by atoms with Crippen molar-refractivity contribution in [3.63, 3.8) is 0 Å². The molecule has 0 heterocycles. The van der Waals surface area contributed by atoms with E-state index in [0.717, 1.165) is 48.2 Å². The first-order chi connectivity index (χ1) is 10.3. The van der Waals surface area contributed by atoms with Crippen molar-refractivity contribution in [2.75, 3.05) is 73.7 Å². The first-order valence-electron chi connectivity index (χ1n) is 7.90. The van der Waals surface area contributed by atoms with Crippen LogP contribution in [-0.4, -0.2) is 87.0 Å². The zero-order chi connectivity index (χ0) is 17.1. The monoisotopic (exact) mass is 354 g/mol. The van der Waals surface area contributed by atoms with Crippen LogP contribution in [0.15, 0.2) is 0 Å². The van der Waals surface area contributed by atoms with Crippen LogP contribution in [0.4, 0.5) is 0 Å². The molecule has 134 valence electrons. The average molecular weight is 355 g/mol. The van der Waals surface area contributed by atoms with Crippen molar-refractivity contribution in [3.05, 3.63) is 0 Å². The topological polar surface area (TPSA) is 36.9 Å². The summed E-state index contributed by atoms with van der Waals surface area (Å²) in [5.41, 5.74) is 0. The predicted octanol–water partition coefficient (Wildman–Crippen LogP) is 2.35. The van der Waals surface area contributed by atoms with Gasteiger partial charge in [-0.1, -0.05) is 6.92 Å². The Morgan fingerprint density at radius 1 is 1.05 bits per heavy atom. The molecular formula is C15H36NO4SSi+. The Morgan fingerprint density at radius 3 is 2.14 bits per heavy atom. The molecule has 0 bridgehead atoms. The molecule has 0 aliphatic rings. The molecule has 0 aromatic rings. The molecule has 0 rings (SSSR count). The van der Waals surface area contributed by atoms with Gasteiger partial charge in [-0.15, -0.1) is 0 Å². The van der Waals surface area contributed by atoms with Gasteiger partial charge < -0.3 is 22.5 Å². The zero-order valence-electron chi connectivity index (χ0n) is 15.5. The van der Waals surface area contributed by atoms with Crippen LogP contribution >= 0.6 is 11.8 Å². The summed E-state index contributed by atoms with van der Waals surface area (Å²) in [6.45, 7) is 4.98. The van der Waals surface area contributed by atoms with E-state index in [1.807, 2.05) is 11.8 Å². The van der Waals surface area contributed by atoms with Crippen LogP contribution < -0.4 is 0 Å². The lowest BCUT2D eigenvalue weighted by Crippen LogP contribution is -2.42. The zero-order valence-corrected chi connectivity index (χ0v) is 17.3. The molecule has 5 nitrogen and oxygen atoms in total. The van der Waals surface area contributed by atoms with E-state index < -0.39 is 8.80 Å². The van der Waals surface area contributed by atoms with Crippen molar-refractivity contribution in [1.29, 1.82) is 0 Å². The summed E-state index contributed by atoms with van der Waals surface area (Å²) >= 11 is 1.97. The highest BCUT2D eigenvalue weighted by atomic mass is 32.2. The summed E-state index contributed by atoms with van der Waals surface area (Å²) in [7, 11) is 9.19. The van der Waals surface area contributed by atoms with Gasteiger partial charge in [0.15, 0.2) is 0 Å². The standard InChI is InChI=1S/C15H36NO4SSi/c1-15(13-20-10-9-16(2,3)4)14-21-11-8-12-22(17-5,18-6)19-7/h15H,8-14H2,1-7H3/q+1. The van der Waals surface area contributed by atoms with Crippen LogP contribution in [0.2, 0.25) is 6.04 Å². The van der Waals surface area contributed by atoms with Gasteiger partial charge in [-0.3, -0.25) is 0 Å². The molecule has 0 radical (unpaired) electrons. The van der Waals surface area contributed by atoms with Gasteiger partial charge in [0.25, 0.3) is 0 Å². The minimum absolute atomic E-state index is 0.590. The molecule has 1 unspecified atom stereocenters. The second-order valence-electron chi connectivity index (χ2n) is 6.67.